The van der Waals surface area contributed by atoms with Gasteiger partial charge in [0.15, 0.2) is 5.65 Å². The van der Waals surface area contributed by atoms with Crippen molar-refractivity contribution in [3.05, 3.63) is 23.1 Å². The third-order valence-electron chi connectivity index (χ3n) is 4.47. The fourth-order valence-electron chi connectivity index (χ4n) is 3.34. The summed E-state index contributed by atoms with van der Waals surface area (Å²) in [4.78, 5) is 9.20. The predicted octanol–water partition coefficient (Wildman–Crippen LogP) is 5.53. The van der Waals surface area contributed by atoms with Crippen molar-refractivity contribution in [2.75, 3.05) is 0 Å². The number of hydrogen-bond donors (Lipinski definition) is 0. The van der Waals surface area contributed by atoms with E-state index in [-0.39, 0.29) is 5.38 Å². The van der Waals surface area contributed by atoms with Crippen LogP contribution in [0.4, 0.5) is 0 Å². The number of nitrogens with zero attached hydrogens (tertiary/aromatic N) is 3. The van der Waals surface area contributed by atoms with E-state index in [4.69, 9.17) is 23.2 Å². The van der Waals surface area contributed by atoms with Crippen LogP contribution in [0.25, 0.3) is 11.2 Å². The van der Waals surface area contributed by atoms with Crippen LogP contribution in [0, 0.1) is 5.92 Å². The summed E-state index contributed by atoms with van der Waals surface area (Å²) >= 11 is 12.4. The Balaban J connectivity index is 2.08. The molecule has 2 aromatic heterocycles. The zero-order valence-electron chi connectivity index (χ0n) is 12.5. The van der Waals surface area contributed by atoms with Gasteiger partial charge in [0.05, 0.1) is 10.4 Å². The largest absolute Gasteiger partial charge is 0.308 e. The molecule has 1 saturated carbocycles. The number of alkyl halides is 1. The summed E-state index contributed by atoms with van der Waals surface area (Å²) in [6.07, 6.45) is 7.88. The van der Waals surface area contributed by atoms with Crippen molar-refractivity contribution in [3.8, 4) is 0 Å². The topological polar surface area (TPSA) is 30.7 Å². The molecule has 1 aliphatic rings. The highest BCUT2D eigenvalue weighted by molar-refractivity contribution is 6.31. The number of aromatic nitrogens is 3. The fraction of sp³-hybridized carbons (Fsp3) is 0.625. The third-order valence-corrected chi connectivity index (χ3v) is 4.87. The van der Waals surface area contributed by atoms with Crippen LogP contribution in [-0.2, 0) is 0 Å². The third kappa shape index (κ3) is 3.04. The maximum atomic E-state index is 6.36. The molecule has 0 radical (unpaired) electrons. The second-order valence-corrected chi connectivity index (χ2v) is 7.31. The Hall–Kier alpha value is -0.800. The van der Waals surface area contributed by atoms with Gasteiger partial charge in [-0.05, 0) is 38.2 Å². The molecule has 0 spiro atoms. The van der Waals surface area contributed by atoms with Crippen LogP contribution in [0.15, 0.2) is 12.3 Å². The molecule has 3 nitrogen and oxygen atoms in total. The maximum absolute atomic E-state index is 6.36. The van der Waals surface area contributed by atoms with Gasteiger partial charge in [-0.3, -0.25) is 0 Å². The minimum Gasteiger partial charge on any atom is -0.308 e. The van der Waals surface area contributed by atoms with Gasteiger partial charge in [-0.2, -0.15) is 0 Å². The Kier molecular flexibility index (Phi) is 4.41. The molecule has 21 heavy (non-hydrogen) atoms. The van der Waals surface area contributed by atoms with Crippen LogP contribution < -0.4 is 0 Å². The Labute approximate surface area is 135 Å². The summed E-state index contributed by atoms with van der Waals surface area (Å²) < 4.78 is 2.27. The Bertz CT molecular complexity index is 636. The molecule has 1 aliphatic carbocycles. The number of rotatable bonds is 2. The summed E-state index contributed by atoms with van der Waals surface area (Å²) in [6, 6.07) is 2.33. The number of halogens is 2. The first-order valence-electron chi connectivity index (χ1n) is 7.73. The van der Waals surface area contributed by atoms with E-state index in [1.54, 1.807) is 6.20 Å². The molecule has 3 atom stereocenters. The Morgan fingerprint density at radius 3 is 2.86 bits per heavy atom. The van der Waals surface area contributed by atoms with Gasteiger partial charge < -0.3 is 4.57 Å². The molecule has 2 aromatic rings. The molecule has 3 unspecified atom stereocenters. The van der Waals surface area contributed by atoms with E-state index in [1.165, 1.54) is 32.1 Å². The van der Waals surface area contributed by atoms with Crippen molar-refractivity contribution in [2.45, 2.75) is 57.4 Å². The summed E-state index contributed by atoms with van der Waals surface area (Å²) in [5.74, 6) is 1.73. The molecule has 2 heterocycles. The average Bonchev–Trinajstić information content (AvgIpc) is 2.68. The van der Waals surface area contributed by atoms with Crippen LogP contribution in [-0.4, -0.2) is 14.5 Å². The summed E-state index contributed by atoms with van der Waals surface area (Å²) in [5.41, 5.74) is 1.77. The van der Waals surface area contributed by atoms with Gasteiger partial charge in [-0.15, -0.1) is 11.6 Å². The first kappa shape index (κ1) is 15.1. The van der Waals surface area contributed by atoms with Gasteiger partial charge in [0.2, 0.25) is 0 Å². The maximum Gasteiger partial charge on any atom is 0.160 e. The van der Waals surface area contributed by atoms with Crippen molar-refractivity contribution in [1.29, 1.82) is 0 Å². The zero-order valence-corrected chi connectivity index (χ0v) is 14.0. The lowest BCUT2D eigenvalue weighted by Gasteiger charge is -2.20. The first-order valence-corrected chi connectivity index (χ1v) is 8.55. The summed E-state index contributed by atoms with van der Waals surface area (Å²) in [5, 5.41) is 0.495. The highest BCUT2D eigenvalue weighted by atomic mass is 35.5. The molecule has 0 amide bonds. The molecular weight excluding hydrogens is 305 g/mol. The van der Waals surface area contributed by atoms with Gasteiger partial charge in [0, 0.05) is 12.2 Å². The molecule has 0 aromatic carbocycles. The van der Waals surface area contributed by atoms with Crippen LogP contribution in [0.2, 0.25) is 5.02 Å². The Morgan fingerprint density at radius 1 is 1.29 bits per heavy atom. The van der Waals surface area contributed by atoms with E-state index in [1.807, 2.05) is 13.0 Å². The van der Waals surface area contributed by atoms with Crippen molar-refractivity contribution in [1.82, 2.24) is 14.5 Å². The number of fused-ring (bicyclic) bond motifs is 1. The van der Waals surface area contributed by atoms with Crippen molar-refractivity contribution >= 4 is 34.4 Å². The molecular formula is C16H21Cl2N3. The lowest BCUT2D eigenvalue weighted by Crippen LogP contribution is -2.13. The van der Waals surface area contributed by atoms with E-state index in [2.05, 4.69) is 21.5 Å². The van der Waals surface area contributed by atoms with E-state index >= 15 is 0 Å². The lowest BCUT2D eigenvalue weighted by molar-refractivity contribution is 0.428. The van der Waals surface area contributed by atoms with Crippen molar-refractivity contribution in [3.63, 3.8) is 0 Å². The number of imidazole rings is 1. The minimum absolute atomic E-state index is 0.126. The van der Waals surface area contributed by atoms with Crippen LogP contribution >= 0.6 is 23.2 Å². The highest BCUT2D eigenvalue weighted by Crippen LogP contribution is 2.35. The van der Waals surface area contributed by atoms with E-state index < -0.39 is 0 Å². The first-order chi connectivity index (χ1) is 10.1. The SMILES string of the molecule is CC1CCCC(n2c(C(C)Cl)nc3cc(Cl)cnc32)CC1. The number of hydrogen-bond acceptors (Lipinski definition) is 2. The van der Waals surface area contributed by atoms with Crippen molar-refractivity contribution < 1.29 is 0 Å². The van der Waals surface area contributed by atoms with Gasteiger partial charge in [0.1, 0.15) is 11.3 Å². The molecule has 114 valence electrons. The molecule has 0 bridgehead atoms. The highest BCUT2D eigenvalue weighted by Gasteiger charge is 2.25. The van der Waals surface area contributed by atoms with Crippen LogP contribution in [0.3, 0.4) is 0 Å². The second kappa shape index (κ2) is 6.13. The monoisotopic (exact) mass is 325 g/mol. The van der Waals surface area contributed by atoms with E-state index in [0.717, 1.165) is 22.9 Å². The van der Waals surface area contributed by atoms with Crippen LogP contribution in [0.1, 0.15) is 63.2 Å². The molecule has 3 rings (SSSR count). The zero-order chi connectivity index (χ0) is 15.0. The fourth-order valence-corrected chi connectivity index (χ4v) is 3.65. The van der Waals surface area contributed by atoms with Gasteiger partial charge in [0.25, 0.3) is 0 Å². The van der Waals surface area contributed by atoms with Crippen LogP contribution in [0.5, 0.6) is 0 Å². The van der Waals surface area contributed by atoms with E-state index in [9.17, 15) is 0 Å². The molecule has 5 heteroatoms. The normalized spacial score (nSPS) is 25.0. The molecule has 1 fully saturated rings. The second-order valence-electron chi connectivity index (χ2n) is 6.22. The quantitative estimate of drug-likeness (QED) is 0.537. The molecule has 0 aliphatic heterocycles. The smallest absolute Gasteiger partial charge is 0.160 e. The van der Waals surface area contributed by atoms with E-state index in [0.29, 0.717) is 11.1 Å². The van der Waals surface area contributed by atoms with Gasteiger partial charge in [-0.1, -0.05) is 31.4 Å². The number of pyridine rings is 1. The van der Waals surface area contributed by atoms with Gasteiger partial charge in [-0.25, -0.2) is 9.97 Å². The summed E-state index contributed by atoms with van der Waals surface area (Å²) in [6.45, 7) is 4.32. The summed E-state index contributed by atoms with van der Waals surface area (Å²) in [7, 11) is 0. The van der Waals surface area contributed by atoms with Gasteiger partial charge >= 0.3 is 0 Å². The lowest BCUT2D eigenvalue weighted by atomic mass is 10.0. The minimum atomic E-state index is -0.126. The Morgan fingerprint density at radius 2 is 2.10 bits per heavy atom. The molecule has 0 saturated heterocycles. The average molecular weight is 326 g/mol. The van der Waals surface area contributed by atoms with Crippen molar-refractivity contribution in [2.24, 2.45) is 5.92 Å². The molecule has 0 N–H and O–H groups in total. The predicted molar refractivity (Wildman–Crippen MR) is 88.1 cm³/mol. The standard InChI is InChI=1S/C16H21Cl2N3/c1-10-4-3-5-13(7-6-10)21-15(11(2)17)20-14-8-12(18)9-19-16(14)21/h8-11,13H,3-7H2,1-2H3.